The summed E-state index contributed by atoms with van der Waals surface area (Å²) in [5.41, 5.74) is 1.80. The highest BCUT2D eigenvalue weighted by Gasteiger charge is 2.22. The Bertz CT molecular complexity index is 814. The fourth-order valence-corrected chi connectivity index (χ4v) is 4.33. The monoisotopic (exact) mass is 423 g/mol. The molecule has 6 nitrogen and oxygen atoms in total. The van der Waals surface area contributed by atoms with E-state index in [-0.39, 0.29) is 18.1 Å². The zero-order chi connectivity index (χ0) is 21.5. The normalized spacial score (nSPS) is 20.4. The van der Waals surface area contributed by atoms with Crippen LogP contribution in [0, 0.1) is 0 Å². The van der Waals surface area contributed by atoms with E-state index >= 15 is 0 Å². The molecule has 0 radical (unpaired) electrons. The van der Waals surface area contributed by atoms with E-state index in [1.165, 1.54) is 6.42 Å². The van der Waals surface area contributed by atoms with Gasteiger partial charge in [-0.2, -0.15) is 0 Å². The highest BCUT2D eigenvalue weighted by atomic mass is 16.5. The minimum atomic E-state index is 0.0311. The van der Waals surface area contributed by atoms with Crippen molar-refractivity contribution in [1.29, 1.82) is 0 Å². The molecule has 31 heavy (non-hydrogen) atoms. The van der Waals surface area contributed by atoms with Gasteiger partial charge in [0.1, 0.15) is 11.9 Å². The molecule has 0 aliphatic carbocycles. The van der Waals surface area contributed by atoms with Crippen LogP contribution in [-0.4, -0.2) is 66.2 Å². The van der Waals surface area contributed by atoms with Crippen molar-refractivity contribution in [3.05, 3.63) is 59.9 Å². The van der Waals surface area contributed by atoms with Crippen molar-refractivity contribution in [2.75, 3.05) is 33.3 Å². The third kappa shape index (κ3) is 6.28. The van der Waals surface area contributed by atoms with Crippen molar-refractivity contribution in [1.82, 2.24) is 14.8 Å². The molecule has 2 aliphatic rings. The summed E-state index contributed by atoms with van der Waals surface area (Å²) < 4.78 is 11.9. The first kappa shape index (κ1) is 21.8. The van der Waals surface area contributed by atoms with Crippen LogP contribution in [0.25, 0.3) is 0 Å². The number of amides is 1. The number of hydrogen-bond donors (Lipinski definition) is 0. The second kappa shape index (κ2) is 10.7. The molecule has 1 aromatic carbocycles. The van der Waals surface area contributed by atoms with Crippen molar-refractivity contribution >= 4 is 5.91 Å². The molecule has 4 rings (SSSR count). The Morgan fingerprint density at radius 3 is 2.61 bits per heavy atom. The first-order valence-electron chi connectivity index (χ1n) is 11.4. The van der Waals surface area contributed by atoms with Gasteiger partial charge in [-0.05, 0) is 68.5 Å². The van der Waals surface area contributed by atoms with Gasteiger partial charge in [-0.1, -0.05) is 6.07 Å². The number of carbonyl (C=O) groups is 1. The van der Waals surface area contributed by atoms with Crippen molar-refractivity contribution in [3.63, 3.8) is 0 Å². The Morgan fingerprint density at radius 2 is 1.94 bits per heavy atom. The summed E-state index contributed by atoms with van der Waals surface area (Å²) in [5, 5.41) is 0. The van der Waals surface area contributed by atoms with Crippen molar-refractivity contribution in [2.24, 2.45) is 0 Å². The highest BCUT2D eigenvalue weighted by molar-refractivity contribution is 5.94. The van der Waals surface area contributed by atoms with Gasteiger partial charge < -0.3 is 14.4 Å². The van der Waals surface area contributed by atoms with Crippen LogP contribution in [0.15, 0.2) is 48.7 Å². The van der Waals surface area contributed by atoms with Gasteiger partial charge in [0, 0.05) is 51.6 Å². The van der Waals surface area contributed by atoms with E-state index in [0.29, 0.717) is 12.1 Å². The lowest BCUT2D eigenvalue weighted by Crippen LogP contribution is -2.38. The van der Waals surface area contributed by atoms with Crippen LogP contribution in [0.3, 0.4) is 0 Å². The molecule has 0 unspecified atom stereocenters. The number of pyridine rings is 1. The van der Waals surface area contributed by atoms with Gasteiger partial charge in [0.15, 0.2) is 0 Å². The summed E-state index contributed by atoms with van der Waals surface area (Å²) in [6, 6.07) is 13.6. The van der Waals surface area contributed by atoms with E-state index in [0.717, 1.165) is 63.4 Å². The predicted octanol–water partition coefficient (Wildman–Crippen LogP) is 3.77. The zero-order valence-corrected chi connectivity index (χ0v) is 18.4. The summed E-state index contributed by atoms with van der Waals surface area (Å²) in [6.07, 6.45) is 7.56. The summed E-state index contributed by atoms with van der Waals surface area (Å²) in [7, 11) is 1.85. The lowest BCUT2D eigenvalue weighted by molar-refractivity contribution is -0.000189. The number of benzene rings is 1. The van der Waals surface area contributed by atoms with Gasteiger partial charge in [0.25, 0.3) is 5.91 Å². The molecule has 2 fully saturated rings. The van der Waals surface area contributed by atoms with Crippen molar-refractivity contribution < 1.29 is 14.3 Å². The van der Waals surface area contributed by atoms with Crippen molar-refractivity contribution in [3.8, 4) is 5.75 Å². The van der Waals surface area contributed by atoms with Crippen molar-refractivity contribution in [2.45, 2.75) is 50.9 Å². The SMILES string of the molecule is CN(C[C@@H]1CCCCO1)C(=O)c1ccc(OC2CCN(Cc3ccccn3)CC2)cc1. The molecule has 3 heterocycles. The molecule has 1 aromatic heterocycles. The Balaban J connectivity index is 1.22. The number of piperidine rings is 1. The summed E-state index contributed by atoms with van der Waals surface area (Å²) in [6.45, 7) is 4.36. The van der Waals surface area contributed by atoms with Crippen LogP contribution in [0.5, 0.6) is 5.75 Å². The van der Waals surface area contributed by atoms with E-state index in [4.69, 9.17) is 9.47 Å². The summed E-state index contributed by atoms with van der Waals surface area (Å²) in [4.78, 5) is 21.3. The highest BCUT2D eigenvalue weighted by Crippen LogP contribution is 2.21. The number of hydrogen-bond acceptors (Lipinski definition) is 5. The molecule has 2 aromatic rings. The molecule has 1 atom stereocenters. The van der Waals surface area contributed by atoms with Gasteiger partial charge in [-0.3, -0.25) is 14.7 Å². The first-order valence-corrected chi connectivity index (χ1v) is 11.4. The Kier molecular flexibility index (Phi) is 7.54. The van der Waals surface area contributed by atoms with E-state index < -0.39 is 0 Å². The van der Waals surface area contributed by atoms with E-state index in [9.17, 15) is 4.79 Å². The largest absolute Gasteiger partial charge is 0.490 e. The molecule has 6 heteroatoms. The Labute approximate surface area is 185 Å². The number of ether oxygens (including phenoxy) is 2. The number of rotatable bonds is 7. The van der Waals surface area contributed by atoms with Crippen LogP contribution in [0.1, 0.15) is 48.2 Å². The second-order valence-electron chi connectivity index (χ2n) is 8.61. The topological polar surface area (TPSA) is 54.9 Å². The maximum atomic E-state index is 12.7. The number of likely N-dealkylation sites (tertiary alicyclic amines) is 1. The molecule has 166 valence electrons. The molecule has 2 saturated heterocycles. The van der Waals surface area contributed by atoms with Gasteiger partial charge >= 0.3 is 0 Å². The number of carbonyl (C=O) groups excluding carboxylic acids is 1. The Morgan fingerprint density at radius 1 is 1.13 bits per heavy atom. The minimum Gasteiger partial charge on any atom is -0.490 e. The van der Waals surface area contributed by atoms with Crippen LogP contribution in [-0.2, 0) is 11.3 Å². The third-order valence-corrected chi connectivity index (χ3v) is 6.15. The molecule has 0 saturated carbocycles. The third-order valence-electron chi connectivity index (χ3n) is 6.15. The van der Waals surface area contributed by atoms with Crippen LogP contribution >= 0.6 is 0 Å². The van der Waals surface area contributed by atoms with Gasteiger partial charge in [0.2, 0.25) is 0 Å². The predicted molar refractivity (Wildman–Crippen MR) is 120 cm³/mol. The molecule has 0 N–H and O–H groups in total. The molecule has 0 spiro atoms. The van der Waals surface area contributed by atoms with Crippen LogP contribution in [0.2, 0.25) is 0 Å². The Hall–Kier alpha value is -2.44. The molecule has 2 aliphatic heterocycles. The number of aromatic nitrogens is 1. The maximum absolute atomic E-state index is 12.7. The first-order chi connectivity index (χ1) is 15.2. The second-order valence-corrected chi connectivity index (χ2v) is 8.61. The van der Waals surface area contributed by atoms with Crippen LogP contribution in [0.4, 0.5) is 0 Å². The summed E-state index contributed by atoms with van der Waals surface area (Å²) >= 11 is 0. The average Bonchev–Trinajstić information content (AvgIpc) is 2.82. The molecular weight excluding hydrogens is 390 g/mol. The molecule has 1 amide bonds. The van der Waals surface area contributed by atoms with E-state index in [1.807, 2.05) is 49.6 Å². The summed E-state index contributed by atoms with van der Waals surface area (Å²) in [5.74, 6) is 0.863. The zero-order valence-electron chi connectivity index (χ0n) is 18.4. The fourth-order valence-electron chi connectivity index (χ4n) is 4.33. The van der Waals surface area contributed by atoms with Gasteiger partial charge in [-0.25, -0.2) is 0 Å². The van der Waals surface area contributed by atoms with Gasteiger partial charge in [-0.15, -0.1) is 0 Å². The lowest BCUT2D eigenvalue weighted by Gasteiger charge is -2.32. The fraction of sp³-hybridized carbons (Fsp3) is 0.520. The molecular formula is C25H33N3O3. The minimum absolute atomic E-state index is 0.0311. The quantitative estimate of drug-likeness (QED) is 0.679. The van der Waals surface area contributed by atoms with Crippen LogP contribution < -0.4 is 4.74 Å². The smallest absolute Gasteiger partial charge is 0.253 e. The van der Waals surface area contributed by atoms with Gasteiger partial charge in [0.05, 0.1) is 11.8 Å². The molecule has 0 bridgehead atoms. The standard InChI is InChI=1S/C25H33N3O3/c1-27(19-24-7-3-5-17-30-24)25(29)20-8-10-22(11-9-20)31-23-12-15-28(16-13-23)18-21-6-2-4-14-26-21/h2,4,6,8-11,14,23-24H,3,5,7,12-13,15-19H2,1H3/t24-/m0/s1. The van der Waals surface area contributed by atoms with E-state index in [2.05, 4.69) is 16.0 Å². The number of nitrogens with zero attached hydrogens (tertiary/aromatic N) is 3. The number of likely N-dealkylation sites (N-methyl/N-ethyl adjacent to an activating group) is 1. The lowest BCUT2D eigenvalue weighted by atomic mass is 10.1. The van der Waals surface area contributed by atoms with E-state index in [1.54, 1.807) is 4.90 Å². The maximum Gasteiger partial charge on any atom is 0.253 e. The average molecular weight is 424 g/mol.